The summed E-state index contributed by atoms with van der Waals surface area (Å²) in [6, 6.07) is 7.90. The largest absolute Gasteiger partial charge is 0.352 e. The zero-order valence-electron chi connectivity index (χ0n) is 9.43. The van der Waals surface area contributed by atoms with Crippen LogP contribution < -0.4 is 10.2 Å². The molecule has 4 heteroatoms. The van der Waals surface area contributed by atoms with Crippen molar-refractivity contribution in [3.63, 3.8) is 0 Å². The van der Waals surface area contributed by atoms with Crippen molar-refractivity contribution in [2.45, 2.75) is 6.92 Å². The van der Waals surface area contributed by atoms with Crippen LogP contribution in [0.15, 0.2) is 35.0 Å². The molecule has 0 aliphatic carbocycles. The van der Waals surface area contributed by atoms with Gasteiger partial charge in [-0.25, -0.2) is 0 Å². The second-order valence-electron chi connectivity index (χ2n) is 3.89. The molecule has 0 saturated heterocycles. The molecular formula is C13H12N2OS. The number of carbonyl (C=O) groups is 1. The van der Waals surface area contributed by atoms with E-state index in [2.05, 4.69) is 5.32 Å². The minimum Gasteiger partial charge on any atom is -0.352 e. The lowest BCUT2D eigenvalue weighted by Gasteiger charge is -2.20. The number of rotatable bonds is 1. The van der Waals surface area contributed by atoms with E-state index >= 15 is 0 Å². The van der Waals surface area contributed by atoms with Gasteiger partial charge < -0.3 is 10.2 Å². The van der Waals surface area contributed by atoms with Gasteiger partial charge in [0.15, 0.2) is 0 Å². The number of thiophene rings is 1. The van der Waals surface area contributed by atoms with Crippen LogP contribution in [0.5, 0.6) is 0 Å². The number of benzene rings is 1. The Kier molecular flexibility index (Phi) is 2.37. The third-order valence-corrected chi connectivity index (χ3v) is 3.66. The summed E-state index contributed by atoms with van der Waals surface area (Å²) in [6.07, 6.45) is 0. The molecular weight excluding hydrogens is 232 g/mol. The molecule has 1 aliphatic heterocycles. The van der Waals surface area contributed by atoms with E-state index < -0.39 is 0 Å². The van der Waals surface area contributed by atoms with Crippen LogP contribution in [0.4, 0.5) is 17.1 Å². The second-order valence-corrected chi connectivity index (χ2v) is 4.63. The summed E-state index contributed by atoms with van der Waals surface area (Å²) in [6.45, 7) is 2.67. The third kappa shape index (κ3) is 1.52. The Morgan fingerprint density at radius 2 is 2.06 bits per heavy atom. The smallest absolute Gasteiger partial charge is 0.261 e. The van der Waals surface area contributed by atoms with Gasteiger partial charge in [0.25, 0.3) is 5.91 Å². The molecule has 0 spiro atoms. The first kappa shape index (κ1) is 10.4. The van der Waals surface area contributed by atoms with Gasteiger partial charge in [0, 0.05) is 17.3 Å². The van der Waals surface area contributed by atoms with Gasteiger partial charge in [0.2, 0.25) is 0 Å². The van der Waals surface area contributed by atoms with Crippen molar-refractivity contribution in [2.75, 3.05) is 16.8 Å². The molecule has 86 valence electrons. The molecule has 2 heterocycles. The maximum atomic E-state index is 12.4. The van der Waals surface area contributed by atoms with Crippen molar-refractivity contribution in [1.29, 1.82) is 0 Å². The maximum Gasteiger partial charge on any atom is 0.261 e. The fraction of sp³-hybridized carbons (Fsp3) is 0.154. The number of para-hydroxylation sites is 2. The number of hydrogen-bond donors (Lipinski definition) is 1. The molecule has 0 radical (unpaired) electrons. The molecule has 2 aromatic rings. The molecule has 0 bridgehead atoms. The van der Waals surface area contributed by atoms with E-state index in [1.54, 1.807) is 16.2 Å². The fourth-order valence-corrected chi connectivity index (χ4v) is 2.84. The Bertz CT molecular complexity index is 576. The Balaban J connectivity index is 2.22. The van der Waals surface area contributed by atoms with Gasteiger partial charge in [0.1, 0.15) is 0 Å². The quantitative estimate of drug-likeness (QED) is 0.833. The molecule has 0 fully saturated rings. The average molecular weight is 244 g/mol. The monoisotopic (exact) mass is 244 g/mol. The van der Waals surface area contributed by atoms with E-state index in [0.717, 1.165) is 22.6 Å². The summed E-state index contributed by atoms with van der Waals surface area (Å²) < 4.78 is 0. The van der Waals surface area contributed by atoms with Crippen LogP contribution in [0.25, 0.3) is 0 Å². The number of nitrogens with zero attached hydrogens (tertiary/aromatic N) is 1. The molecule has 3 rings (SSSR count). The lowest BCUT2D eigenvalue weighted by molar-refractivity contribution is 0.0990. The summed E-state index contributed by atoms with van der Waals surface area (Å²) in [7, 11) is 0. The number of hydrogen-bond acceptors (Lipinski definition) is 3. The van der Waals surface area contributed by atoms with Crippen molar-refractivity contribution in [1.82, 2.24) is 0 Å². The summed E-state index contributed by atoms with van der Waals surface area (Å²) in [5.74, 6) is 0.0706. The van der Waals surface area contributed by atoms with Crippen LogP contribution in [-0.2, 0) is 0 Å². The second kappa shape index (κ2) is 3.89. The summed E-state index contributed by atoms with van der Waals surface area (Å²) in [5.41, 5.74) is 3.59. The Labute approximate surface area is 104 Å². The SMILES string of the molecule is CCN1C(=O)c2cscc2Nc2ccccc21. The number of carbonyl (C=O) groups excluding carboxylic acids is 1. The van der Waals surface area contributed by atoms with Crippen molar-refractivity contribution in [2.24, 2.45) is 0 Å². The van der Waals surface area contributed by atoms with Crippen LogP contribution in [0, 0.1) is 0 Å². The summed E-state index contributed by atoms with van der Waals surface area (Å²) >= 11 is 1.55. The summed E-state index contributed by atoms with van der Waals surface area (Å²) in [4.78, 5) is 14.2. The Hall–Kier alpha value is -1.81. The van der Waals surface area contributed by atoms with Gasteiger partial charge in [0.05, 0.1) is 22.6 Å². The highest BCUT2D eigenvalue weighted by Crippen LogP contribution is 2.36. The van der Waals surface area contributed by atoms with Gasteiger partial charge in [-0.15, -0.1) is 11.3 Å². The average Bonchev–Trinajstić information content (AvgIpc) is 2.76. The van der Waals surface area contributed by atoms with Crippen molar-refractivity contribution < 1.29 is 4.79 Å². The first-order chi connectivity index (χ1) is 8.31. The van der Waals surface area contributed by atoms with Crippen molar-refractivity contribution >= 4 is 34.3 Å². The first-order valence-electron chi connectivity index (χ1n) is 5.55. The topological polar surface area (TPSA) is 32.3 Å². The van der Waals surface area contributed by atoms with Gasteiger partial charge in [-0.3, -0.25) is 4.79 Å². The van der Waals surface area contributed by atoms with Crippen LogP contribution in [0.3, 0.4) is 0 Å². The Morgan fingerprint density at radius 3 is 2.88 bits per heavy atom. The third-order valence-electron chi connectivity index (χ3n) is 2.92. The number of anilines is 3. The highest BCUT2D eigenvalue weighted by Gasteiger charge is 2.25. The van der Waals surface area contributed by atoms with Crippen LogP contribution in [-0.4, -0.2) is 12.5 Å². The molecule has 1 aliphatic rings. The van der Waals surface area contributed by atoms with E-state index in [1.165, 1.54) is 0 Å². The summed E-state index contributed by atoms with van der Waals surface area (Å²) in [5, 5.41) is 7.20. The van der Waals surface area contributed by atoms with E-state index in [-0.39, 0.29) is 5.91 Å². The normalized spacial score (nSPS) is 13.7. The predicted molar refractivity (Wildman–Crippen MR) is 71.4 cm³/mol. The zero-order valence-corrected chi connectivity index (χ0v) is 10.3. The lowest BCUT2D eigenvalue weighted by atomic mass is 10.2. The molecule has 1 aromatic carbocycles. The van der Waals surface area contributed by atoms with E-state index in [9.17, 15) is 4.79 Å². The van der Waals surface area contributed by atoms with Crippen LogP contribution in [0.1, 0.15) is 17.3 Å². The van der Waals surface area contributed by atoms with Gasteiger partial charge in [-0.1, -0.05) is 12.1 Å². The number of amides is 1. The fourth-order valence-electron chi connectivity index (χ4n) is 2.09. The number of fused-ring (bicyclic) bond motifs is 2. The van der Waals surface area contributed by atoms with Gasteiger partial charge in [-0.05, 0) is 19.1 Å². The molecule has 1 amide bonds. The first-order valence-corrected chi connectivity index (χ1v) is 6.49. The van der Waals surface area contributed by atoms with Crippen molar-refractivity contribution in [3.05, 3.63) is 40.6 Å². The minimum atomic E-state index is 0.0706. The lowest BCUT2D eigenvalue weighted by Crippen LogP contribution is -2.29. The Morgan fingerprint density at radius 1 is 1.24 bits per heavy atom. The molecule has 17 heavy (non-hydrogen) atoms. The highest BCUT2D eigenvalue weighted by atomic mass is 32.1. The van der Waals surface area contributed by atoms with Crippen LogP contribution >= 0.6 is 11.3 Å². The van der Waals surface area contributed by atoms with Gasteiger partial charge >= 0.3 is 0 Å². The minimum absolute atomic E-state index is 0.0706. The standard InChI is InChI=1S/C13H12N2OS/c1-2-15-12-6-4-3-5-10(12)14-11-8-17-7-9(11)13(15)16/h3-8,14H,2H2,1H3. The van der Waals surface area contributed by atoms with Crippen LogP contribution in [0.2, 0.25) is 0 Å². The molecule has 0 unspecified atom stereocenters. The van der Waals surface area contributed by atoms with E-state index in [1.807, 2.05) is 41.9 Å². The van der Waals surface area contributed by atoms with E-state index in [4.69, 9.17) is 0 Å². The number of nitrogens with one attached hydrogen (secondary N) is 1. The molecule has 1 aromatic heterocycles. The van der Waals surface area contributed by atoms with E-state index in [0.29, 0.717) is 6.54 Å². The highest BCUT2D eigenvalue weighted by molar-refractivity contribution is 7.08. The zero-order chi connectivity index (χ0) is 11.8. The molecule has 3 nitrogen and oxygen atoms in total. The maximum absolute atomic E-state index is 12.4. The molecule has 0 saturated carbocycles. The van der Waals surface area contributed by atoms with Gasteiger partial charge in [-0.2, -0.15) is 0 Å². The van der Waals surface area contributed by atoms with Crippen molar-refractivity contribution in [3.8, 4) is 0 Å². The predicted octanol–water partition coefficient (Wildman–Crippen LogP) is 3.47. The molecule has 1 N–H and O–H groups in total. The molecule has 0 atom stereocenters.